The number of nitrogens with zero attached hydrogens (tertiary/aromatic N) is 2. The number of imide groups is 2. The Kier molecular flexibility index (Phi) is 8.37. The van der Waals surface area contributed by atoms with Crippen molar-refractivity contribution in [2.75, 3.05) is 4.90 Å². The molecule has 262 valence electrons. The van der Waals surface area contributed by atoms with Crippen molar-refractivity contribution in [3.05, 3.63) is 148 Å². The second kappa shape index (κ2) is 12.6. The second-order valence-corrected chi connectivity index (χ2v) is 15.1. The fraction of sp³-hybridized carbons (Fsp3) is 0.227. The monoisotopic (exact) mass is 692 g/mol. The van der Waals surface area contributed by atoms with Gasteiger partial charge in [-0.25, -0.2) is 4.90 Å². The molecule has 2 heterocycles. The Morgan fingerprint density at radius 2 is 0.942 bits per heavy atom. The number of ether oxygens (including phenoxy) is 2. The van der Waals surface area contributed by atoms with Crippen LogP contribution >= 0.6 is 0 Å². The number of rotatable bonds is 8. The van der Waals surface area contributed by atoms with Crippen molar-refractivity contribution in [2.45, 2.75) is 65.3 Å². The molecule has 0 unspecified atom stereocenters. The summed E-state index contributed by atoms with van der Waals surface area (Å²) in [6.45, 7) is 13.9. The van der Waals surface area contributed by atoms with Crippen LogP contribution < -0.4 is 14.4 Å². The molecule has 5 aromatic carbocycles. The molecule has 0 saturated carbocycles. The van der Waals surface area contributed by atoms with Crippen molar-refractivity contribution in [1.29, 1.82) is 0 Å². The van der Waals surface area contributed by atoms with E-state index >= 15 is 0 Å². The quantitative estimate of drug-likeness (QED) is 0.150. The van der Waals surface area contributed by atoms with Gasteiger partial charge in [0.25, 0.3) is 23.6 Å². The second-order valence-electron chi connectivity index (χ2n) is 15.1. The highest BCUT2D eigenvalue weighted by Gasteiger charge is 2.42. The van der Waals surface area contributed by atoms with E-state index in [1.807, 2.05) is 87.5 Å². The van der Waals surface area contributed by atoms with Crippen molar-refractivity contribution < 1.29 is 28.7 Å². The van der Waals surface area contributed by atoms with E-state index in [2.05, 4.69) is 27.7 Å². The summed E-state index contributed by atoms with van der Waals surface area (Å²) >= 11 is 0. The minimum atomic E-state index is -0.624. The van der Waals surface area contributed by atoms with E-state index in [-0.39, 0.29) is 35.0 Å². The first-order valence-corrected chi connectivity index (χ1v) is 17.4. The molecule has 0 bridgehead atoms. The lowest BCUT2D eigenvalue weighted by molar-refractivity contribution is 0.0507. The number of hydrogen-bond donors (Lipinski definition) is 0. The molecule has 0 aromatic heterocycles. The van der Waals surface area contributed by atoms with Crippen molar-refractivity contribution >= 4 is 29.3 Å². The highest BCUT2D eigenvalue weighted by molar-refractivity contribution is 6.34. The third-order valence-corrected chi connectivity index (χ3v) is 9.81. The molecular formula is C44H40N2O6. The predicted octanol–water partition coefficient (Wildman–Crippen LogP) is 9.92. The van der Waals surface area contributed by atoms with Crippen LogP contribution in [0.5, 0.6) is 23.0 Å². The van der Waals surface area contributed by atoms with E-state index in [1.54, 1.807) is 42.5 Å². The van der Waals surface area contributed by atoms with Crippen LogP contribution in [-0.2, 0) is 5.41 Å². The van der Waals surface area contributed by atoms with Gasteiger partial charge in [0.2, 0.25) is 0 Å². The maximum Gasteiger partial charge on any atom is 0.266 e. The summed E-state index contributed by atoms with van der Waals surface area (Å²) in [5.41, 5.74) is 4.15. The molecule has 8 heteroatoms. The topological polar surface area (TPSA) is 93.2 Å². The molecular weight excluding hydrogens is 652 g/mol. The van der Waals surface area contributed by atoms with Crippen LogP contribution in [0.1, 0.15) is 113 Å². The summed E-state index contributed by atoms with van der Waals surface area (Å²) in [5.74, 6) is 1.09. The van der Waals surface area contributed by atoms with Crippen LogP contribution in [0.15, 0.2) is 109 Å². The highest BCUT2D eigenvalue weighted by Crippen LogP contribution is 2.38. The van der Waals surface area contributed by atoms with E-state index in [9.17, 15) is 19.2 Å². The van der Waals surface area contributed by atoms with Crippen LogP contribution in [0.4, 0.5) is 5.69 Å². The minimum absolute atomic E-state index is 0.263. The van der Waals surface area contributed by atoms with Gasteiger partial charge in [-0.3, -0.25) is 24.1 Å². The molecule has 52 heavy (non-hydrogen) atoms. The summed E-state index contributed by atoms with van der Waals surface area (Å²) in [6, 6.07) is 33.1. The SMILES string of the molecule is CC(C)c1cccc(N2C(=O)c3ccc(Oc4ccc(C(C)(C)c5ccc(Oc6ccc7c(c6)C(=O)N(C(C)(C)C)C7=O)cc5)cc4)cc3C2=O)c1. The first kappa shape index (κ1) is 34.4. The lowest BCUT2D eigenvalue weighted by atomic mass is 9.78. The first-order chi connectivity index (χ1) is 24.6. The summed E-state index contributed by atoms with van der Waals surface area (Å²) in [7, 11) is 0. The number of anilines is 1. The maximum absolute atomic E-state index is 13.4. The molecule has 2 aliphatic heterocycles. The molecule has 2 aliphatic rings. The summed E-state index contributed by atoms with van der Waals surface area (Å²) < 4.78 is 12.2. The largest absolute Gasteiger partial charge is 0.457 e. The Balaban J connectivity index is 1.03. The lowest BCUT2D eigenvalue weighted by Crippen LogP contribution is -2.45. The van der Waals surface area contributed by atoms with Gasteiger partial charge in [0.05, 0.1) is 27.9 Å². The van der Waals surface area contributed by atoms with Crippen molar-refractivity contribution in [3.8, 4) is 23.0 Å². The third kappa shape index (κ3) is 6.04. The summed E-state index contributed by atoms with van der Waals surface area (Å²) in [4.78, 5) is 55.0. The van der Waals surface area contributed by atoms with Gasteiger partial charge in [-0.2, -0.15) is 0 Å². The molecule has 0 fully saturated rings. The zero-order valence-electron chi connectivity index (χ0n) is 30.3. The standard InChI is InChI=1S/C44H40N2O6/c1-26(2)27-9-8-10-30(23-27)45-39(47)35-21-19-33(24-37(35)40(45)48)51-31-15-11-28(12-16-31)44(6,7)29-13-17-32(18-14-29)52-34-20-22-36-38(25-34)42(50)46(41(36)49)43(3,4)5/h8-26H,1-7H3. The molecule has 7 rings (SSSR count). The van der Waals surface area contributed by atoms with Crippen molar-refractivity contribution in [2.24, 2.45) is 0 Å². The van der Waals surface area contributed by atoms with Gasteiger partial charge in [-0.15, -0.1) is 0 Å². The number of fused-ring (bicyclic) bond motifs is 2. The molecule has 0 N–H and O–H groups in total. The fourth-order valence-corrected chi connectivity index (χ4v) is 6.75. The average Bonchev–Trinajstić information content (AvgIpc) is 3.52. The molecule has 4 amide bonds. The van der Waals surface area contributed by atoms with E-state index < -0.39 is 5.54 Å². The van der Waals surface area contributed by atoms with Crippen molar-refractivity contribution in [3.63, 3.8) is 0 Å². The van der Waals surface area contributed by atoms with Crippen molar-refractivity contribution in [1.82, 2.24) is 4.90 Å². The normalized spacial score (nSPS) is 14.3. The van der Waals surface area contributed by atoms with Gasteiger partial charge < -0.3 is 9.47 Å². The van der Waals surface area contributed by atoms with Crippen LogP contribution in [0.25, 0.3) is 0 Å². The van der Waals surface area contributed by atoms with Gasteiger partial charge in [0, 0.05) is 11.0 Å². The van der Waals surface area contributed by atoms with Gasteiger partial charge in [-0.1, -0.05) is 64.1 Å². The number of carbonyl (C=O) groups excluding carboxylic acids is 4. The van der Waals surface area contributed by atoms with Crippen LogP contribution in [0.2, 0.25) is 0 Å². The zero-order chi connectivity index (χ0) is 37.1. The molecule has 0 saturated heterocycles. The molecule has 0 aliphatic carbocycles. The number of amides is 4. The summed E-state index contributed by atoms with van der Waals surface area (Å²) in [6.07, 6.45) is 0. The Bertz CT molecular complexity index is 2260. The fourth-order valence-electron chi connectivity index (χ4n) is 6.75. The maximum atomic E-state index is 13.4. The van der Waals surface area contributed by atoms with Crippen LogP contribution in [0, 0.1) is 0 Å². The predicted molar refractivity (Wildman–Crippen MR) is 200 cm³/mol. The third-order valence-electron chi connectivity index (χ3n) is 9.81. The highest BCUT2D eigenvalue weighted by atomic mass is 16.5. The Morgan fingerprint density at radius 3 is 1.44 bits per heavy atom. The van der Waals surface area contributed by atoms with Crippen LogP contribution in [0.3, 0.4) is 0 Å². The van der Waals surface area contributed by atoms with Crippen LogP contribution in [-0.4, -0.2) is 34.1 Å². The lowest BCUT2D eigenvalue weighted by Gasteiger charge is -2.29. The van der Waals surface area contributed by atoms with Gasteiger partial charge in [0.15, 0.2) is 0 Å². The Labute approximate surface area is 303 Å². The smallest absolute Gasteiger partial charge is 0.266 e. The Hall–Kier alpha value is -6.02. The number of benzene rings is 5. The van der Waals surface area contributed by atoms with E-state index in [0.717, 1.165) is 16.7 Å². The Morgan fingerprint density at radius 1 is 0.500 bits per heavy atom. The molecule has 8 nitrogen and oxygen atoms in total. The number of carbonyl (C=O) groups is 4. The first-order valence-electron chi connectivity index (χ1n) is 17.4. The molecule has 5 aromatic rings. The van der Waals surface area contributed by atoms with E-state index in [4.69, 9.17) is 9.47 Å². The van der Waals surface area contributed by atoms with Gasteiger partial charge in [-0.05, 0) is 116 Å². The van der Waals surface area contributed by atoms with E-state index in [0.29, 0.717) is 50.9 Å². The molecule has 0 atom stereocenters. The average molecular weight is 693 g/mol. The molecule has 0 spiro atoms. The molecule has 0 radical (unpaired) electrons. The van der Waals surface area contributed by atoms with E-state index in [1.165, 1.54) is 9.80 Å². The van der Waals surface area contributed by atoms with Gasteiger partial charge >= 0.3 is 0 Å². The zero-order valence-corrected chi connectivity index (χ0v) is 30.3. The summed E-state index contributed by atoms with van der Waals surface area (Å²) in [5, 5.41) is 0. The van der Waals surface area contributed by atoms with Gasteiger partial charge in [0.1, 0.15) is 23.0 Å². The number of hydrogen-bond acceptors (Lipinski definition) is 6. The minimum Gasteiger partial charge on any atom is -0.457 e.